The summed E-state index contributed by atoms with van der Waals surface area (Å²) in [5.74, 6) is -0.608. The van der Waals surface area contributed by atoms with E-state index in [1.165, 1.54) is 45.4 Å². The summed E-state index contributed by atoms with van der Waals surface area (Å²) >= 11 is 0. The molecule has 2 aliphatic carbocycles. The molecule has 0 aliphatic heterocycles. The van der Waals surface area contributed by atoms with Crippen LogP contribution < -0.4 is 10.9 Å². The van der Waals surface area contributed by atoms with Gasteiger partial charge in [0.05, 0.1) is 0 Å². The van der Waals surface area contributed by atoms with Gasteiger partial charge < -0.3 is 10.2 Å². The lowest BCUT2D eigenvalue weighted by atomic mass is 9.85. The van der Waals surface area contributed by atoms with Gasteiger partial charge in [-0.25, -0.2) is 15.0 Å². The van der Waals surface area contributed by atoms with Crippen LogP contribution in [0, 0.1) is 17.8 Å². The number of fused-ring (bicyclic) bond motifs is 2. The molecule has 0 aromatic heterocycles. The summed E-state index contributed by atoms with van der Waals surface area (Å²) in [4.78, 5) is 28.9. The Hall–Kier alpha value is -1.63. The lowest BCUT2D eigenvalue weighted by Gasteiger charge is -2.23. The number of carboxylic acids is 2. The third-order valence-electron chi connectivity index (χ3n) is 4.53. The molecule has 4 N–H and O–H groups in total. The highest BCUT2D eigenvalue weighted by Crippen LogP contribution is 2.49. The summed E-state index contributed by atoms with van der Waals surface area (Å²) in [5, 5.41) is 14.8. The van der Waals surface area contributed by atoms with Crippen LogP contribution >= 0.6 is 0 Å². The Morgan fingerprint density at radius 2 is 1.77 bits per heavy atom. The van der Waals surface area contributed by atoms with Gasteiger partial charge in [-0.15, -0.1) is 0 Å². The second kappa shape index (κ2) is 8.73. The zero-order chi connectivity index (χ0) is 16.7. The summed E-state index contributed by atoms with van der Waals surface area (Å²) in [6, 6.07) is 0.392. The van der Waals surface area contributed by atoms with Crippen LogP contribution in [0.2, 0.25) is 0 Å². The minimum atomic E-state index is -1.82. The van der Waals surface area contributed by atoms with Crippen LogP contribution in [0.15, 0.2) is 0 Å². The second-order valence-corrected chi connectivity index (χ2v) is 6.35. The number of hydrogen-bond acceptors (Lipinski definition) is 4. The molecule has 7 heteroatoms. The highest BCUT2D eigenvalue weighted by molar-refractivity contribution is 6.27. The van der Waals surface area contributed by atoms with Crippen molar-refractivity contribution in [3.8, 4) is 0 Å². The van der Waals surface area contributed by atoms with Gasteiger partial charge in [-0.1, -0.05) is 6.42 Å². The lowest BCUT2D eigenvalue weighted by molar-refractivity contribution is -0.159. The zero-order valence-electron chi connectivity index (χ0n) is 13.2. The molecule has 0 aromatic rings. The molecule has 1 amide bonds. The maximum atomic E-state index is 10.7. The zero-order valence-corrected chi connectivity index (χ0v) is 13.2. The van der Waals surface area contributed by atoms with Crippen LogP contribution in [-0.4, -0.2) is 34.1 Å². The number of nitrogens with one attached hydrogen (secondary N) is 2. The van der Waals surface area contributed by atoms with E-state index in [0.717, 1.165) is 17.8 Å². The standard InChI is InChI=1S/C13H24N2O.C2H2O4/c1-9(14-15-10(2)16)3-5-12-7-11-4-6-13(12)8-11;3-1(4)2(5)6/h9,11-14H,3-8H2,1-2H3,(H,15,16);(H,3,4)(H,5,6). The monoisotopic (exact) mass is 314 g/mol. The van der Waals surface area contributed by atoms with Gasteiger partial charge in [0.1, 0.15) is 0 Å². The Labute approximate surface area is 130 Å². The van der Waals surface area contributed by atoms with Crippen molar-refractivity contribution >= 4 is 17.8 Å². The van der Waals surface area contributed by atoms with Gasteiger partial charge in [-0.3, -0.25) is 10.2 Å². The Morgan fingerprint density at radius 3 is 2.18 bits per heavy atom. The van der Waals surface area contributed by atoms with Gasteiger partial charge >= 0.3 is 11.9 Å². The number of carboxylic acid groups (broad SMARTS) is 2. The topological polar surface area (TPSA) is 116 Å². The van der Waals surface area contributed by atoms with E-state index in [-0.39, 0.29) is 5.91 Å². The van der Waals surface area contributed by atoms with Crippen LogP contribution in [0.5, 0.6) is 0 Å². The Kier molecular flexibility index (Phi) is 7.31. The largest absolute Gasteiger partial charge is 0.473 e. The van der Waals surface area contributed by atoms with E-state index in [1.54, 1.807) is 0 Å². The number of hydrazine groups is 1. The molecule has 2 saturated carbocycles. The second-order valence-electron chi connectivity index (χ2n) is 6.35. The molecule has 0 saturated heterocycles. The number of aliphatic carboxylic acids is 2. The number of rotatable bonds is 5. The van der Waals surface area contributed by atoms with Gasteiger partial charge in [0, 0.05) is 13.0 Å². The van der Waals surface area contributed by atoms with E-state index in [4.69, 9.17) is 19.8 Å². The lowest BCUT2D eigenvalue weighted by Crippen LogP contribution is -2.42. The van der Waals surface area contributed by atoms with Crippen molar-refractivity contribution in [3.05, 3.63) is 0 Å². The van der Waals surface area contributed by atoms with Crippen LogP contribution in [0.25, 0.3) is 0 Å². The Bertz CT molecular complexity index is 401. The first-order valence-corrected chi connectivity index (χ1v) is 7.77. The molecule has 2 fully saturated rings. The first-order chi connectivity index (χ1) is 10.3. The molecule has 4 unspecified atom stereocenters. The summed E-state index contributed by atoms with van der Waals surface area (Å²) < 4.78 is 0. The minimum Gasteiger partial charge on any atom is -0.473 e. The average molecular weight is 314 g/mol. The van der Waals surface area contributed by atoms with Crippen LogP contribution in [0.3, 0.4) is 0 Å². The first kappa shape index (κ1) is 18.4. The van der Waals surface area contributed by atoms with E-state index in [0.29, 0.717) is 6.04 Å². The van der Waals surface area contributed by atoms with Gasteiger partial charge in [0.2, 0.25) is 5.91 Å². The van der Waals surface area contributed by atoms with E-state index in [9.17, 15) is 4.79 Å². The van der Waals surface area contributed by atoms with Crippen molar-refractivity contribution in [3.63, 3.8) is 0 Å². The molecule has 22 heavy (non-hydrogen) atoms. The van der Waals surface area contributed by atoms with Crippen LogP contribution in [0.4, 0.5) is 0 Å². The number of hydrogen-bond donors (Lipinski definition) is 4. The normalized spacial score (nSPS) is 26.7. The maximum absolute atomic E-state index is 10.7. The van der Waals surface area contributed by atoms with Crippen molar-refractivity contribution in [1.82, 2.24) is 10.9 Å². The third-order valence-corrected chi connectivity index (χ3v) is 4.53. The fourth-order valence-corrected chi connectivity index (χ4v) is 3.49. The van der Waals surface area contributed by atoms with E-state index < -0.39 is 11.9 Å². The first-order valence-electron chi connectivity index (χ1n) is 7.77. The van der Waals surface area contributed by atoms with Crippen molar-refractivity contribution in [2.75, 3.05) is 0 Å². The summed E-state index contributed by atoms with van der Waals surface area (Å²) in [6.45, 7) is 3.68. The average Bonchev–Trinajstić information content (AvgIpc) is 3.05. The van der Waals surface area contributed by atoms with Crippen molar-refractivity contribution in [2.24, 2.45) is 17.8 Å². The molecular weight excluding hydrogens is 288 g/mol. The predicted molar refractivity (Wildman–Crippen MR) is 79.9 cm³/mol. The van der Waals surface area contributed by atoms with Crippen LogP contribution in [-0.2, 0) is 14.4 Å². The summed E-state index contributed by atoms with van der Waals surface area (Å²) in [5.41, 5.74) is 5.72. The SMILES string of the molecule is CC(=O)NNC(C)CCC1CC2CCC1C2.O=C(O)C(=O)O. The predicted octanol–water partition coefficient (Wildman–Crippen LogP) is 1.39. The number of carbonyl (C=O) groups excluding carboxylic acids is 1. The molecular formula is C15H26N2O5. The minimum absolute atomic E-state index is 0.00762. The molecule has 0 aromatic carbocycles. The Morgan fingerprint density at radius 1 is 1.14 bits per heavy atom. The van der Waals surface area contributed by atoms with Gasteiger partial charge in [0.25, 0.3) is 0 Å². The number of carbonyl (C=O) groups is 3. The summed E-state index contributed by atoms with van der Waals surface area (Å²) in [6.07, 6.45) is 8.43. The third kappa shape index (κ3) is 6.43. The van der Waals surface area contributed by atoms with Crippen molar-refractivity contribution < 1.29 is 24.6 Å². The fraction of sp³-hybridized carbons (Fsp3) is 0.800. The molecule has 126 valence electrons. The molecule has 2 rings (SSSR count). The molecule has 0 radical (unpaired) electrons. The fourth-order valence-electron chi connectivity index (χ4n) is 3.49. The quantitative estimate of drug-likeness (QED) is 0.450. The van der Waals surface area contributed by atoms with Crippen molar-refractivity contribution in [1.29, 1.82) is 0 Å². The highest BCUT2D eigenvalue weighted by atomic mass is 16.4. The van der Waals surface area contributed by atoms with Gasteiger partial charge in [-0.05, 0) is 56.8 Å². The maximum Gasteiger partial charge on any atom is 0.414 e. The molecule has 0 heterocycles. The van der Waals surface area contributed by atoms with E-state index >= 15 is 0 Å². The number of amides is 1. The molecule has 7 nitrogen and oxygen atoms in total. The highest BCUT2D eigenvalue weighted by Gasteiger charge is 2.38. The van der Waals surface area contributed by atoms with Gasteiger partial charge in [-0.2, -0.15) is 0 Å². The van der Waals surface area contributed by atoms with Gasteiger partial charge in [0.15, 0.2) is 0 Å². The molecule has 2 bridgehead atoms. The summed E-state index contributed by atoms with van der Waals surface area (Å²) in [7, 11) is 0. The van der Waals surface area contributed by atoms with Crippen molar-refractivity contribution in [2.45, 2.75) is 58.4 Å². The van der Waals surface area contributed by atoms with E-state index in [2.05, 4.69) is 17.8 Å². The molecule has 0 spiro atoms. The smallest absolute Gasteiger partial charge is 0.414 e. The van der Waals surface area contributed by atoms with E-state index in [1.807, 2.05) is 0 Å². The molecule has 2 aliphatic rings. The Balaban J connectivity index is 0.000000346. The van der Waals surface area contributed by atoms with Crippen LogP contribution in [0.1, 0.15) is 52.4 Å². The molecule has 4 atom stereocenters.